The van der Waals surface area contributed by atoms with E-state index in [0.717, 1.165) is 103 Å². The van der Waals surface area contributed by atoms with Crippen LogP contribution in [0, 0.1) is 0 Å². The molecule has 0 saturated heterocycles. The van der Waals surface area contributed by atoms with Crippen LogP contribution in [0.4, 0.5) is 0 Å². The average molecular weight is 885 g/mol. The van der Waals surface area contributed by atoms with E-state index < -0.39 is 75.7 Å². The van der Waals surface area contributed by atoms with Crippen molar-refractivity contribution >= 4 is 19.8 Å². The standard InChI is InChI=1S/C47H81O13P/c1-3-5-7-9-11-13-15-17-18-19-20-21-22-24-25-27-29-31-33-35-40(48)57-37-39(38-58-61(55,56)60-47-45(53)43(51)42(50)44(52)46(47)54)59-41(49)36-34-32-30-28-26-23-16-14-12-10-8-6-4-2/h8,10-11,13-14,16-18,20-21,39,42-47,50-54H,3-7,9,12,15,19,22-38H2,1-2H3,(H,55,56)/t39-,42?,43-,44?,45?,46?,47?/m1/s1. The van der Waals surface area contributed by atoms with Crippen molar-refractivity contribution in [3.63, 3.8) is 0 Å². The lowest BCUT2D eigenvalue weighted by molar-refractivity contribution is -0.220. The SMILES string of the molecule is CCCC=CCC=CCCCCCCCC(=O)O[C@H](COC(=O)CCCCCCCCC=CCC=CCC=CCCCCC)COP(=O)(O)OC1C(O)C(O)C(O)[C@@H](O)C1O. The van der Waals surface area contributed by atoms with Crippen LogP contribution in [0.15, 0.2) is 60.8 Å². The lowest BCUT2D eigenvalue weighted by atomic mass is 9.85. The summed E-state index contributed by atoms with van der Waals surface area (Å²) in [6.07, 6.45) is 31.3. The molecule has 1 aliphatic rings. The highest BCUT2D eigenvalue weighted by Crippen LogP contribution is 2.47. The van der Waals surface area contributed by atoms with E-state index in [-0.39, 0.29) is 12.8 Å². The number of unbranched alkanes of at least 4 members (excludes halogenated alkanes) is 15. The Hall–Kier alpha value is -2.45. The first-order chi connectivity index (χ1) is 29.4. The van der Waals surface area contributed by atoms with Gasteiger partial charge in [0, 0.05) is 12.8 Å². The molecule has 1 aliphatic carbocycles. The van der Waals surface area contributed by atoms with Crippen LogP contribution in [0.25, 0.3) is 0 Å². The highest BCUT2D eigenvalue weighted by molar-refractivity contribution is 7.47. The number of carbonyl (C=O) groups excluding carboxylic acids is 2. The number of aliphatic hydroxyl groups excluding tert-OH is 5. The minimum absolute atomic E-state index is 0.0747. The van der Waals surface area contributed by atoms with Gasteiger partial charge in [0.25, 0.3) is 0 Å². The quantitative estimate of drug-likeness (QED) is 0.0149. The molecule has 1 fully saturated rings. The molecule has 0 radical (unpaired) electrons. The summed E-state index contributed by atoms with van der Waals surface area (Å²) in [4.78, 5) is 35.7. The van der Waals surface area contributed by atoms with Gasteiger partial charge in [-0.15, -0.1) is 0 Å². The second-order valence-electron chi connectivity index (χ2n) is 15.9. The molecule has 0 aromatic carbocycles. The molecule has 0 amide bonds. The predicted octanol–water partition coefficient (Wildman–Crippen LogP) is 8.94. The maximum Gasteiger partial charge on any atom is 0.472 e. The van der Waals surface area contributed by atoms with Gasteiger partial charge in [0.2, 0.25) is 0 Å². The van der Waals surface area contributed by atoms with Crippen LogP contribution < -0.4 is 0 Å². The number of ether oxygens (including phenoxy) is 2. The molecule has 13 nitrogen and oxygen atoms in total. The van der Waals surface area contributed by atoms with Crippen molar-refractivity contribution in [2.75, 3.05) is 13.2 Å². The molecule has 0 aromatic heterocycles. The van der Waals surface area contributed by atoms with Gasteiger partial charge >= 0.3 is 19.8 Å². The second kappa shape index (κ2) is 37.0. The maximum atomic E-state index is 12.8. The molecule has 1 rings (SSSR count). The van der Waals surface area contributed by atoms with Gasteiger partial charge < -0.3 is 39.9 Å². The Morgan fingerprint density at radius 1 is 0.508 bits per heavy atom. The van der Waals surface area contributed by atoms with Crippen molar-refractivity contribution in [1.29, 1.82) is 0 Å². The third-order valence-corrected chi connectivity index (χ3v) is 11.3. The van der Waals surface area contributed by atoms with E-state index in [4.69, 9.17) is 18.5 Å². The van der Waals surface area contributed by atoms with Crippen LogP contribution in [0.3, 0.4) is 0 Å². The summed E-state index contributed by atoms with van der Waals surface area (Å²) in [5.74, 6) is -1.14. The minimum atomic E-state index is -5.13. The lowest BCUT2D eigenvalue weighted by Crippen LogP contribution is -2.64. The first-order valence-electron chi connectivity index (χ1n) is 23.1. The maximum absolute atomic E-state index is 12.8. The smallest absolute Gasteiger partial charge is 0.462 e. The van der Waals surface area contributed by atoms with Gasteiger partial charge in [0.05, 0.1) is 6.61 Å². The zero-order valence-corrected chi connectivity index (χ0v) is 38.1. The van der Waals surface area contributed by atoms with Crippen molar-refractivity contribution in [3.05, 3.63) is 60.8 Å². The average Bonchev–Trinajstić information content (AvgIpc) is 3.24. The number of esters is 2. The first-order valence-corrected chi connectivity index (χ1v) is 24.6. The number of phosphoric ester groups is 1. The summed E-state index contributed by atoms with van der Waals surface area (Å²) >= 11 is 0. The predicted molar refractivity (Wildman–Crippen MR) is 239 cm³/mol. The number of hydrogen-bond acceptors (Lipinski definition) is 12. The van der Waals surface area contributed by atoms with E-state index in [1.807, 2.05) is 0 Å². The van der Waals surface area contributed by atoms with Crippen LogP contribution in [0.1, 0.15) is 168 Å². The van der Waals surface area contributed by atoms with E-state index in [2.05, 4.69) is 74.6 Å². The highest BCUT2D eigenvalue weighted by Gasteiger charge is 2.51. The van der Waals surface area contributed by atoms with Gasteiger partial charge in [-0.05, 0) is 77.0 Å². The number of allylic oxidation sites excluding steroid dienone is 10. The Bertz CT molecular complexity index is 1300. The number of phosphoric acid groups is 1. The topological polar surface area (TPSA) is 210 Å². The summed E-state index contributed by atoms with van der Waals surface area (Å²) in [5.41, 5.74) is 0. The Balaban J connectivity index is 2.46. The van der Waals surface area contributed by atoms with Crippen molar-refractivity contribution in [3.8, 4) is 0 Å². The molecule has 0 aliphatic heterocycles. The normalized spacial score (nSPS) is 22.6. The molecule has 6 N–H and O–H groups in total. The Morgan fingerprint density at radius 3 is 1.41 bits per heavy atom. The minimum Gasteiger partial charge on any atom is -0.462 e. The highest BCUT2D eigenvalue weighted by atomic mass is 31.2. The van der Waals surface area contributed by atoms with Gasteiger partial charge in [-0.2, -0.15) is 0 Å². The summed E-state index contributed by atoms with van der Waals surface area (Å²) in [7, 11) is -5.13. The van der Waals surface area contributed by atoms with Crippen LogP contribution in [0.2, 0.25) is 0 Å². The van der Waals surface area contributed by atoms with E-state index in [0.29, 0.717) is 12.8 Å². The molecule has 61 heavy (non-hydrogen) atoms. The largest absolute Gasteiger partial charge is 0.472 e. The van der Waals surface area contributed by atoms with Crippen molar-refractivity contribution < 1.29 is 63.1 Å². The molecule has 14 heteroatoms. The van der Waals surface area contributed by atoms with Gasteiger partial charge in [0.15, 0.2) is 6.10 Å². The van der Waals surface area contributed by atoms with Crippen LogP contribution >= 0.6 is 7.82 Å². The number of hydrogen-bond donors (Lipinski definition) is 6. The van der Waals surface area contributed by atoms with Gasteiger partial charge in [-0.3, -0.25) is 18.6 Å². The summed E-state index contributed by atoms with van der Waals surface area (Å²) in [5, 5.41) is 50.1. The van der Waals surface area contributed by atoms with Gasteiger partial charge in [-0.1, -0.05) is 139 Å². The molecule has 8 atom stereocenters. The monoisotopic (exact) mass is 885 g/mol. The lowest BCUT2D eigenvalue weighted by Gasteiger charge is -2.41. The van der Waals surface area contributed by atoms with Crippen LogP contribution in [0.5, 0.6) is 0 Å². The van der Waals surface area contributed by atoms with E-state index in [9.17, 15) is 44.6 Å². The Kier molecular flexibility index (Phi) is 34.3. The fraction of sp³-hybridized carbons (Fsp3) is 0.745. The van der Waals surface area contributed by atoms with E-state index in [1.165, 1.54) is 25.7 Å². The van der Waals surface area contributed by atoms with E-state index in [1.54, 1.807) is 0 Å². The zero-order chi connectivity index (χ0) is 45.0. The molecule has 0 spiro atoms. The van der Waals surface area contributed by atoms with Crippen molar-refractivity contribution in [2.45, 2.75) is 211 Å². The van der Waals surface area contributed by atoms with E-state index >= 15 is 0 Å². The Labute approximate surface area is 366 Å². The molecule has 6 unspecified atom stereocenters. The molecule has 1 saturated carbocycles. The summed E-state index contributed by atoms with van der Waals surface area (Å²) in [6, 6.07) is 0. The Morgan fingerprint density at radius 2 is 0.918 bits per heavy atom. The molecule has 0 heterocycles. The molecular formula is C47H81O13P. The molecule has 0 bridgehead atoms. The zero-order valence-electron chi connectivity index (χ0n) is 37.2. The fourth-order valence-electron chi connectivity index (χ4n) is 6.57. The van der Waals surface area contributed by atoms with Crippen molar-refractivity contribution in [1.82, 2.24) is 0 Å². The molecular weight excluding hydrogens is 803 g/mol. The van der Waals surface area contributed by atoms with Crippen molar-refractivity contribution in [2.24, 2.45) is 0 Å². The van der Waals surface area contributed by atoms with Gasteiger partial charge in [0.1, 0.15) is 43.2 Å². The molecule has 352 valence electrons. The summed E-state index contributed by atoms with van der Waals surface area (Å²) in [6.45, 7) is 3.17. The third-order valence-electron chi connectivity index (χ3n) is 10.3. The summed E-state index contributed by atoms with van der Waals surface area (Å²) < 4.78 is 33.5. The molecule has 0 aromatic rings. The fourth-order valence-corrected chi connectivity index (χ4v) is 7.54. The first kappa shape index (κ1) is 56.6. The second-order valence-corrected chi connectivity index (χ2v) is 17.3. The number of aliphatic hydroxyl groups is 5. The number of carbonyl (C=O) groups is 2. The van der Waals surface area contributed by atoms with Crippen LogP contribution in [-0.2, 0) is 32.7 Å². The number of rotatable bonds is 37. The van der Waals surface area contributed by atoms with Gasteiger partial charge in [-0.25, -0.2) is 4.57 Å². The van der Waals surface area contributed by atoms with Crippen LogP contribution in [-0.4, -0.2) is 98.3 Å². The third kappa shape index (κ3) is 29.5.